The number of hydrogen-bond acceptors (Lipinski definition) is 6. The molecule has 1 aliphatic rings. The van der Waals surface area contributed by atoms with Gasteiger partial charge in [0.05, 0.1) is 18.3 Å². The smallest absolute Gasteiger partial charge is 0.322 e. The fourth-order valence-corrected chi connectivity index (χ4v) is 3.05. The van der Waals surface area contributed by atoms with Crippen molar-refractivity contribution in [2.75, 3.05) is 38.6 Å². The minimum Gasteiger partial charge on any atom is -0.480 e. The van der Waals surface area contributed by atoms with Crippen molar-refractivity contribution in [1.82, 2.24) is 19.8 Å². The maximum Gasteiger partial charge on any atom is 0.322 e. The number of carbonyl (C=O) groups is 1. The van der Waals surface area contributed by atoms with Crippen molar-refractivity contribution in [2.45, 2.75) is 6.54 Å². The third kappa shape index (κ3) is 3.96. The second-order valence-electron chi connectivity index (χ2n) is 5.23. The zero-order chi connectivity index (χ0) is 16.1. The zero-order valence-electron chi connectivity index (χ0n) is 12.9. The van der Waals surface area contributed by atoms with E-state index in [1.807, 2.05) is 10.4 Å². The molecule has 0 spiro atoms. The second-order valence-corrected chi connectivity index (χ2v) is 5.95. The third-order valence-corrected chi connectivity index (χ3v) is 4.37. The largest absolute Gasteiger partial charge is 0.480 e. The minimum absolute atomic E-state index is 0.121. The van der Waals surface area contributed by atoms with E-state index < -0.39 is 0 Å². The number of thiazole rings is 1. The SMILES string of the molecule is COc1ncccc1NC(=O)N1CCN(Cc2cscn2)CC1. The first-order valence-corrected chi connectivity index (χ1v) is 8.35. The molecule has 0 aliphatic carbocycles. The standard InChI is InChI=1S/C15H19N5O2S/c1-22-14-13(3-2-4-16-14)18-15(21)20-7-5-19(6-8-20)9-12-10-23-11-17-12/h2-4,10-11H,5-9H2,1H3,(H,18,21). The molecule has 0 bridgehead atoms. The van der Waals surface area contributed by atoms with Crippen LogP contribution in [0.15, 0.2) is 29.2 Å². The van der Waals surface area contributed by atoms with Gasteiger partial charge in [-0.25, -0.2) is 14.8 Å². The van der Waals surface area contributed by atoms with Gasteiger partial charge in [0.15, 0.2) is 0 Å². The normalized spacial score (nSPS) is 15.4. The van der Waals surface area contributed by atoms with Gasteiger partial charge in [0.2, 0.25) is 5.88 Å². The number of piperazine rings is 1. The van der Waals surface area contributed by atoms with E-state index in [4.69, 9.17) is 4.74 Å². The summed E-state index contributed by atoms with van der Waals surface area (Å²) < 4.78 is 5.15. The summed E-state index contributed by atoms with van der Waals surface area (Å²) in [5, 5.41) is 4.93. The van der Waals surface area contributed by atoms with Gasteiger partial charge in [0, 0.05) is 44.3 Å². The first-order chi connectivity index (χ1) is 11.3. The number of urea groups is 1. The Hall–Kier alpha value is -2.19. The van der Waals surface area contributed by atoms with Crippen LogP contribution < -0.4 is 10.1 Å². The van der Waals surface area contributed by atoms with E-state index in [-0.39, 0.29) is 6.03 Å². The summed E-state index contributed by atoms with van der Waals surface area (Å²) in [7, 11) is 1.54. The molecule has 0 saturated carbocycles. The molecule has 1 fully saturated rings. The highest BCUT2D eigenvalue weighted by Gasteiger charge is 2.22. The van der Waals surface area contributed by atoms with Crippen molar-refractivity contribution < 1.29 is 9.53 Å². The van der Waals surface area contributed by atoms with E-state index in [0.717, 1.165) is 25.3 Å². The molecule has 8 heteroatoms. The number of anilines is 1. The zero-order valence-corrected chi connectivity index (χ0v) is 13.8. The highest BCUT2D eigenvalue weighted by atomic mass is 32.1. The topological polar surface area (TPSA) is 70.6 Å². The lowest BCUT2D eigenvalue weighted by atomic mass is 10.3. The van der Waals surface area contributed by atoms with E-state index >= 15 is 0 Å². The first-order valence-electron chi connectivity index (χ1n) is 7.40. The Balaban J connectivity index is 1.52. The summed E-state index contributed by atoms with van der Waals surface area (Å²) in [4.78, 5) is 24.9. The molecule has 0 aromatic carbocycles. The Morgan fingerprint density at radius 2 is 2.17 bits per heavy atom. The van der Waals surface area contributed by atoms with Crippen LogP contribution in [-0.4, -0.2) is 59.1 Å². The Morgan fingerprint density at radius 3 is 2.87 bits per heavy atom. The molecule has 1 N–H and O–H groups in total. The molecule has 122 valence electrons. The summed E-state index contributed by atoms with van der Waals surface area (Å²) in [6.07, 6.45) is 1.63. The lowest BCUT2D eigenvalue weighted by Gasteiger charge is -2.34. The molecule has 2 aromatic rings. The summed E-state index contributed by atoms with van der Waals surface area (Å²) in [6, 6.07) is 3.43. The molecule has 23 heavy (non-hydrogen) atoms. The molecule has 2 aromatic heterocycles. The second kappa shape index (κ2) is 7.38. The first kappa shape index (κ1) is 15.7. The van der Waals surface area contributed by atoms with Crippen molar-refractivity contribution in [3.8, 4) is 5.88 Å². The van der Waals surface area contributed by atoms with E-state index in [9.17, 15) is 4.79 Å². The average molecular weight is 333 g/mol. The molecule has 3 heterocycles. The fraction of sp³-hybridized carbons (Fsp3) is 0.400. The molecule has 1 aliphatic heterocycles. The predicted octanol–water partition coefficient (Wildman–Crippen LogP) is 1.90. The summed E-state index contributed by atoms with van der Waals surface area (Å²) in [6.45, 7) is 3.91. The number of hydrogen-bond donors (Lipinski definition) is 1. The van der Waals surface area contributed by atoms with Crippen molar-refractivity contribution in [2.24, 2.45) is 0 Å². The molecule has 0 atom stereocenters. The van der Waals surface area contributed by atoms with Crippen molar-refractivity contribution in [3.63, 3.8) is 0 Å². The lowest BCUT2D eigenvalue weighted by Crippen LogP contribution is -2.49. The number of amides is 2. The molecule has 3 rings (SSSR count). The quantitative estimate of drug-likeness (QED) is 0.925. The molecular formula is C15H19N5O2S. The van der Waals surface area contributed by atoms with Gasteiger partial charge in [0.25, 0.3) is 0 Å². The molecule has 0 radical (unpaired) electrons. The van der Waals surface area contributed by atoms with Gasteiger partial charge in [-0.1, -0.05) is 0 Å². The molecule has 2 amide bonds. The number of aromatic nitrogens is 2. The van der Waals surface area contributed by atoms with Crippen molar-refractivity contribution in [3.05, 3.63) is 34.9 Å². The number of nitrogens with zero attached hydrogens (tertiary/aromatic N) is 4. The van der Waals surface area contributed by atoms with Crippen LogP contribution >= 0.6 is 11.3 Å². The molecule has 7 nitrogen and oxygen atoms in total. The van der Waals surface area contributed by atoms with Crippen LogP contribution in [0.2, 0.25) is 0 Å². The van der Waals surface area contributed by atoms with Gasteiger partial charge in [-0.05, 0) is 12.1 Å². The number of rotatable bonds is 4. The average Bonchev–Trinajstić information content (AvgIpc) is 3.09. The number of pyridine rings is 1. The van der Waals surface area contributed by atoms with Crippen LogP contribution in [0.4, 0.5) is 10.5 Å². The fourth-order valence-electron chi connectivity index (χ4n) is 2.50. The monoisotopic (exact) mass is 333 g/mol. The summed E-state index contributed by atoms with van der Waals surface area (Å²) in [5.41, 5.74) is 3.53. The van der Waals surface area contributed by atoms with E-state index in [1.54, 1.807) is 29.7 Å². The number of ether oxygens (including phenoxy) is 1. The van der Waals surface area contributed by atoms with Gasteiger partial charge >= 0.3 is 6.03 Å². The number of methoxy groups -OCH3 is 1. The Bertz CT molecular complexity index is 641. The van der Waals surface area contributed by atoms with Crippen molar-refractivity contribution in [1.29, 1.82) is 0 Å². The van der Waals surface area contributed by atoms with Gasteiger partial charge in [0.1, 0.15) is 5.69 Å². The van der Waals surface area contributed by atoms with Gasteiger partial charge in [-0.15, -0.1) is 11.3 Å². The Morgan fingerprint density at radius 1 is 1.35 bits per heavy atom. The number of nitrogens with one attached hydrogen (secondary N) is 1. The van der Waals surface area contributed by atoms with Crippen LogP contribution in [-0.2, 0) is 6.54 Å². The molecular weight excluding hydrogens is 314 g/mol. The lowest BCUT2D eigenvalue weighted by molar-refractivity contribution is 0.142. The van der Waals surface area contributed by atoms with Crippen LogP contribution in [0.3, 0.4) is 0 Å². The summed E-state index contributed by atoms with van der Waals surface area (Å²) in [5.74, 6) is 0.419. The highest BCUT2D eigenvalue weighted by molar-refractivity contribution is 7.07. The van der Waals surface area contributed by atoms with E-state index in [1.165, 1.54) is 7.11 Å². The van der Waals surface area contributed by atoms with Crippen LogP contribution in [0.1, 0.15) is 5.69 Å². The Kier molecular flexibility index (Phi) is 5.04. The van der Waals surface area contributed by atoms with Gasteiger partial charge in [-0.3, -0.25) is 4.90 Å². The van der Waals surface area contributed by atoms with Gasteiger partial charge in [-0.2, -0.15) is 0 Å². The highest BCUT2D eigenvalue weighted by Crippen LogP contribution is 2.20. The third-order valence-electron chi connectivity index (χ3n) is 3.73. The predicted molar refractivity (Wildman–Crippen MR) is 88.8 cm³/mol. The molecule has 0 unspecified atom stereocenters. The summed E-state index contributed by atoms with van der Waals surface area (Å²) >= 11 is 1.61. The van der Waals surface area contributed by atoms with Crippen LogP contribution in [0.25, 0.3) is 0 Å². The van der Waals surface area contributed by atoms with Crippen molar-refractivity contribution >= 4 is 23.1 Å². The minimum atomic E-state index is -0.121. The van der Waals surface area contributed by atoms with E-state index in [0.29, 0.717) is 24.7 Å². The number of carbonyl (C=O) groups excluding carboxylic acids is 1. The maximum absolute atomic E-state index is 12.4. The van der Waals surface area contributed by atoms with E-state index in [2.05, 4.69) is 25.6 Å². The molecule has 1 saturated heterocycles. The Labute approximate surface area is 138 Å². The van der Waals surface area contributed by atoms with Crippen LogP contribution in [0.5, 0.6) is 5.88 Å². The van der Waals surface area contributed by atoms with Gasteiger partial charge < -0.3 is 15.0 Å². The van der Waals surface area contributed by atoms with Crippen LogP contribution in [0, 0.1) is 0 Å². The maximum atomic E-state index is 12.4.